The summed E-state index contributed by atoms with van der Waals surface area (Å²) in [6.45, 7) is 2.80. The second-order valence-electron chi connectivity index (χ2n) is 2.38. The van der Waals surface area contributed by atoms with Crippen LogP contribution in [0, 0.1) is 5.92 Å². The zero-order chi connectivity index (χ0) is 9.23. The van der Waals surface area contributed by atoms with E-state index in [9.17, 15) is 9.59 Å². The van der Waals surface area contributed by atoms with Gasteiger partial charge in [0.25, 0.3) is 0 Å². The van der Waals surface area contributed by atoms with Crippen LogP contribution in [0.5, 0.6) is 0 Å². The van der Waals surface area contributed by atoms with Gasteiger partial charge in [-0.05, 0) is 30.1 Å². The molecule has 0 aromatic rings. The average Bonchev–Trinajstić information content (AvgIpc) is 1.85. The number of carbonyl (C=O) groups is 2. The Morgan fingerprint density at radius 3 is 1.82 bits per heavy atom. The maximum atomic E-state index is 10.6. The maximum absolute atomic E-state index is 10.6. The third kappa shape index (κ3) is 2.62. The summed E-state index contributed by atoms with van der Waals surface area (Å²) in [5, 5.41) is -1.45. The van der Waals surface area contributed by atoms with Crippen LogP contribution in [0.25, 0.3) is 0 Å². The fourth-order valence-electron chi connectivity index (χ4n) is 0.383. The number of hydrogen-bond donors (Lipinski definition) is 0. The van der Waals surface area contributed by atoms with E-state index in [1.165, 1.54) is 13.8 Å². The highest BCUT2D eigenvalue weighted by Crippen LogP contribution is 2.29. The Kier molecular flexibility index (Phi) is 3.82. The van der Waals surface area contributed by atoms with Gasteiger partial charge in [0.15, 0.2) is 0 Å². The highest BCUT2D eigenvalue weighted by atomic mass is 35.5. The molecule has 0 amide bonds. The lowest BCUT2D eigenvalue weighted by molar-refractivity contribution is -0.121. The third-order valence-electron chi connectivity index (χ3n) is 1.54. The standard InChI is InChI=1S/C6H7Cl3O2/c1-3(4(7)10)6(2,9)5(8)11/h3H,1-2H3. The lowest BCUT2D eigenvalue weighted by atomic mass is 9.98. The molecular weight excluding hydrogens is 210 g/mol. The van der Waals surface area contributed by atoms with E-state index in [-0.39, 0.29) is 0 Å². The van der Waals surface area contributed by atoms with Crippen LogP contribution in [-0.2, 0) is 9.59 Å². The Labute approximate surface area is 79.8 Å². The Morgan fingerprint density at radius 2 is 1.73 bits per heavy atom. The highest BCUT2D eigenvalue weighted by molar-refractivity contribution is 6.72. The largest absolute Gasteiger partial charge is 0.281 e. The first-order valence-electron chi connectivity index (χ1n) is 2.88. The molecule has 0 bridgehead atoms. The minimum absolute atomic E-state index is 0.670. The summed E-state index contributed by atoms with van der Waals surface area (Å²) in [5.74, 6) is -0.782. The fourth-order valence-corrected chi connectivity index (χ4v) is 0.920. The van der Waals surface area contributed by atoms with Gasteiger partial charge in [-0.1, -0.05) is 6.92 Å². The predicted octanol–water partition coefficient (Wildman–Crippen LogP) is 2.15. The summed E-state index contributed by atoms with van der Waals surface area (Å²) < 4.78 is 0. The van der Waals surface area contributed by atoms with Crippen LogP contribution in [0.1, 0.15) is 13.8 Å². The van der Waals surface area contributed by atoms with Gasteiger partial charge in [0.05, 0.1) is 5.92 Å². The average molecular weight is 217 g/mol. The molecule has 2 nitrogen and oxygen atoms in total. The van der Waals surface area contributed by atoms with E-state index >= 15 is 0 Å². The van der Waals surface area contributed by atoms with Gasteiger partial charge in [-0.15, -0.1) is 11.6 Å². The molecule has 0 aliphatic carbocycles. The second-order valence-corrected chi connectivity index (χ2v) is 3.88. The minimum atomic E-state index is -1.40. The van der Waals surface area contributed by atoms with Gasteiger partial charge in [-0.3, -0.25) is 9.59 Å². The molecule has 0 spiro atoms. The molecule has 2 unspecified atom stereocenters. The lowest BCUT2D eigenvalue weighted by Crippen LogP contribution is -2.36. The molecule has 64 valence electrons. The van der Waals surface area contributed by atoms with Crippen molar-refractivity contribution >= 4 is 45.3 Å². The molecule has 0 heterocycles. The molecule has 0 saturated carbocycles. The van der Waals surface area contributed by atoms with Crippen LogP contribution in [0.15, 0.2) is 0 Å². The quantitative estimate of drug-likeness (QED) is 0.536. The summed E-state index contributed by atoms with van der Waals surface area (Å²) in [4.78, 5) is 19.8. The number of halogens is 3. The molecule has 0 aromatic heterocycles. The molecule has 0 radical (unpaired) electrons. The summed E-state index contributed by atoms with van der Waals surface area (Å²) in [6.07, 6.45) is 0. The van der Waals surface area contributed by atoms with Gasteiger partial charge in [0.2, 0.25) is 10.5 Å². The van der Waals surface area contributed by atoms with Crippen LogP contribution in [0.3, 0.4) is 0 Å². The van der Waals surface area contributed by atoms with Crippen LogP contribution in [-0.4, -0.2) is 15.4 Å². The van der Waals surface area contributed by atoms with E-state index in [0.29, 0.717) is 0 Å². The maximum Gasteiger partial charge on any atom is 0.243 e. The number of hydrogen-bond acceptors (Lipinski definition) is 2. The molecule has 0 aromatic carbocycles. The molecule has 0 aliphatic heterocycles. The van der Waals surface area contributed by atoms with Gasteiger partial charge in [-0.2, -0.15) is 0 Å². The summed E-state index contributed by atoms with van der Waals surface area (Å²) in [6, 6.07) is 0. The van der Waals surface area contributed by atoms with Crippen molar-refractivity contribution in [3.05, 3.63) is 0 Å². The Bertz CT molecular complexity index is 188. The van der Waals surface area contributed by atoms with Gasteiger partial charge in [0, 0.05) is 0 Å². The molecule has 2 atom stereocenters. The number of rotatable bonds is 3. The van der Waals surface area contributed by atoms with Crippen molar-refractivity contribution in [3.8, 4) is 0 Å². The van der Waals surface area contributed by atoms with Crippen molar-refractivity contribution < 1.29 is 9.59 Å². The first kappa shape index (κ1) is 11.2. The minimum Gasteiger partial charge on any atom is -0.281 e. The topological polar surface area (TPSA) is 34.1 Å². The number of carbonyl (C=O) groups excluding carboxylic acids is 2. The predicted molar refractivity (Wildman–Crippen MR) is 45.1 cm³/mol. The van der Waals surface area contributed by atoms with Crippen molar-refractivity contribution in [2.24, 2.45) is 5.92 Å². The molecule has 11 heavy (non-hydrogen) atoms. The van der Waals surface area contributed by atoms with Gasteiger partial charge >= 0.3 is 0 Å². The number of alkyl halides is 1. The first-order chi connectivity index (χ1) is 4.80. The molecule has 5 heteroatoms. The Hall–Kier alpha value is 0.210. The van der Waals surface area contributed by atoms with Crippen LogP contribution in [0.4, 0.5) is 0 Å². The van der Waals surface area contributed by atoms with E-state index in [2.05, 4.69) is 0 Å². The summed E-state index contributed by atoms with van der Waals surface area (Å²) >= 11 is 15.9. The molecule has 0 saturated heterocycles. The van der Waals surface area contributed by atoms with Crippen molar-refractivity contribution in [1.29, 1.82) is 0 Å². The zero-order valence-electron chi connectivity index (χ0n) is 6.03. The van der Waals surface area contributed by atoms with E-state index < -0.39 is 21.3 Å². The second kappa shape index (κ2) is 3.74. The SMILES string of the molecule is CC(C(=O)Cl)C(C)(Cl)C(=O)Cl. The third-order valence-corrected chi connectivity index (χ3v) is 2.85. The summed E-state index contributed by atoms with van der Waals surface area (Å²) in [7, 11) is 0. The first-order valence-corrected chi connectivity index (χ1v) is 4.01. The van der Waals surface area contributed by atoms with E-state index in [1.54, 1.807) is 0 Å². The highest BCUT2D eigenvalue weighted by Gasteiger charge is 2.39. The lowest BCUT2D eigenvalue weighted by Gasteiger charge is -2.21. The van der Waals surface area contributed by atoms with Crippen molar-refractivity contribution in [2.45, 2.75) is 18.7 Å². The monoisotopic (exact) mass is 216 g/mol. The van der Waals surface area contributed by atoms with Crippen LogP contribution in [0.2, 0.25) is 0 Å². The summed E-state index contributed by atoms with van der Waals surface area (Å²) in [5.41, 5.74) is 0. The molecule has 0 fully saturated rings. The molecular formula is C6H7Cl3O2. The van der Waals surface area contributed by atoms with Crippen LogP contribution >= 0.6 is 34.8 Å². The van der Waals surface area contributed by atoms with Crippen molar-refractivity contribution in [2.75, 3.05) is 0 Å². The molecule has 0 rings (SSSR count). The van der Waals surface area contributed by atoms with E-state index in [0.717, 1.165) is 0 Å². The van der Waals surface area contributed by atoms with Crippen molar-refractivity contribution in [1.82, 2.24) is 0 Å². The van der Waals surface area contributed by atoms with Crippen molar-refractivity contribution in [3.63, 3.8) is 0 Å². The Balaban J connectivity index is 4.55. The van der Waals surface area contributed by atoms with Gasteiger partial charge < -0.3 is 0 Å². The molecule has 0 N–H and O–H groups in total. The zero-order valence-corrected chi connectivity index (χ0v) is 8.30. The van der Waals surface area contributed by atoms with Gasteiger partial charge in [0.1, 0.15) is 4.87 Å². The Morgan fingerprint density at radius 1 is 1.36 bits per heavy atom. The van der Waals surface area contributed by atoms with E-state index in [4.69, 9.17) is 34.8 Å². The van der Waals surface area contributed by atoms with Gasteiger partial charge in [-0.25, -0.2) is 0 Å². The van der Waals surface area contributed by atoms with Crippen LogP contribution < -0.4 is 0 Å². The smallest absolute Gasteiger partial charge is 0.243 e. The fraction of sp³-hybridized carbons (Fsp3) is 0.667. The normalized spacial score (nSPS) is 18.6. The van der Waals surface area contributed by atoms with E-state index in [1.807, 2.05) is 0 Å². The molecule has 0 aliphatic rings.